The van der Waals surface area contributed by atoms with Crippen LogP contribution in [0.3, 0.4) is 0 Å². The van der Waals surface area contributed by atoms with Crippen LogP contribution >= 0.6 is 11.3 Å². The standard InChI is InChI=1S/C20H15NO2S/c22-14-8-3-7-13-16(14)17(15-9-4-10-24-15)18-19(21-13)11-5-1-2-6-12(11)20(18)23/h1-2,4-6,9-10,16-17H,3,7-8H2/t16?,17-/m1/s1. The van der Waals surface area contributed by atoms with Gasteiger partial charge in [-0.25, -0.2) is 0 Å². The van der Waals surface area contributed by atoms with Crippen molar-refractivity contribution in [2.45, 2.75) is 25.2 Å². The predicted molar refractivity (Wildman–Crippen MR) is 94.5 cm³/mol. The first-order valence-electron chi connectivity index (χ1n) is 8.27. The van der Waals surface area contributed by atoms with Crippen LogP contribution < -0.4 is 0 Å². The molecular weight excluding hydrogens is 318 g/mol. The average molecular weight is 333 g/mol. The molecule has 1 unspecified atom stereocenters. The summed E-state index contributed by atoms with van der Waals surface area (Å²) in [6.07, 6.45) is 2.31. The lowest BCUT2D eigenvalue weighted by Crippen LogP contribution is -2.37. The zero-order valence-electron chi connectivity index (χ0n) is 13.0. The zero-order valence-corrected chi connectivity index (χ0v) is 13.8. The molecule has 0 spiro atoms. The van der Waals surface area contributed by atoms with Gasteiger partial charge in [-0.05, 0) is 24.3 Å². The molecule has 3 aliphatic rings. The van der Waals surface area contributed by atoms with Gasteiger partial charge in [-0.2, -0.15) is 0 Å². The number of ketones is 2. The molecule has 1 saturated carbocycles. The third kappa shape index (κ3) is 1.80. The van der Waals surface area contributed by atoms with Gasteiger partial charge in [0, 0.05) is 39.6 Å². The number of thiophene rings is 1. The smallest absolute Gasteiger partial charge is 0.192 e. The van der Waals surface area contributed by atoms with E-state index in [4.69, 9.17) is 4.99 Å². The molecule has 1 aromatic carbocycles. The van der Waals surface area contributed by atoms with Crippen LogP contribution in [0.4, 0.5) is 0 Å². The summed E-state index contributed by atoms with van der Waals surface area (Å²) >= 11 is 1.62. The normalized spacial score (nSPS) is 25.2. The molecule has 0 bridgehead atoms. The summed E-state index contributed by atoms with van der Waals surface area (Å²) in [5.41, 5.74) is 4.13. The first kappa shape index (κ1) is 14.1. The van der Waals surface area contributed by atoms with E-state index in [1.807, 2.05) is 41.8 Å². The highest BCUT2D eigenvalue weighted by Crippen LogP contribution is 2.50. The van der Waals surface area contributed by atoms with Crippen molar-refractivity contribution in [3.8, 4) is 0 Å². The maximum Gasteiger partial charge on any atom is 0.192 e. The van der Waals surface area contributed by atoms with E-state index < -0.39 is 0 Å². The number of allylic oxidation sites excluding steroid dienone is 1. The zero-order chi connectivity index (χ0) is 16.3. The fraction of sp³-hybridized carbons (Fsp3) is 0.250. The fourth-order valence-corrected chi connectivity index (χ4v) is 5.10. The highest BCUT2D eigenvalue weighted by Gasteiger charge is 2.47. The third-order valence-electron chi connectivity index (χ3n) is 5.24. The van der Waals surface area contributed by atoms with E-state index in [2.05, 4.69) is 0 Å². The van der Waals surface area contributed by atoms with Crippen LogP contribution in [0.25, 0.3) is 5.70 Å². The summed E-state index contributed by atoms with van der Waals surface area (Å²) in [6, 6.07) is 11.7. The molecule has 24 heavy (non-hydrogen) atoms. The second-order valence-electron chi connectivity index (χ2n) is 6.53. The Morgan fingerprint density at radius 3 is 2.58 bits per heavy atom. The minimum Gasteiger partial charge on any atom is -0.299 e. The van der Waals surface area contributed by atoms with Crippen molar-refractivity contribution in [1.82, 2.24) is 0 Å². The van der Waals surface area contributed by atoms with E-state index in [0.29, 0.717) is 6.42 Å². The number of nitrogens with zero attached hydrogens (tertiary/aromatic N) is 1. The molecule has 118 valence electrons. The van der Waals surface area contributed by atoms with Gasteiger partial charge in [0.05, 0.1) is 11.6 Å². The van der Waals surface area contributed by atoms with Gasteiger partial charge < -0.3 is 0 Å². The van der Waals surface area contributed by atoms with E-state index in [1.165, 1.54) is 0 Å². The summed E-state index contributed by atoms with van der Waals surface area (Å²) in [5.74, 6) is -0.150. The number of hydrogen-bond acceptors (Lipinski definition) is 4. The number of rotatable bonds is 1. The van der Waals surface area contributed by atoms with Crippen LogP contribution in [0, 0.1) is 5.92 Å². The van der Waals surface area contributed by atoms with Gasteiger partial charge >= 0.3 is 0 Å². The Morgan fingerprint density at radius 2 is 1.79 bits per heavy atom. The summed E-state index contributed by atoms with van der Waals surface area (Å²) in [7, 11) is 0. The van der Waals surface area contributed by atoms with E-state index in [-0.39, 0.29) is 23.4 Å². The predicted octanol–water partition coefficient (Wildman–Crippen LogP) is 4.26. The topological polar surface area (TPSA) is 46.5 Å². The molecule has 1 aromatic heterocycles. The minimum absolute atomic E-state index is 0.0418. The monoisotopic (exact) mass is 333 g/mol. The number of carbonyl (C=O) groups is 2. The summed E-state index contributed by atoms with van der Waals surface area (Å²) in [6.45, 7) is 0. The van der Waals surface area contributed by atoms with E-state index in [0.717, 1.165) is 45.8 Å². The molecule has 2 heterocycles. The Kier molecular flexibility index (Phi) is 2.98. The maximum atomic E-state index is 13.1. The van der Waals surface area contributed by atoms with Crippen LogP contribution in [0.1, 0.15) is 46.0 Å². The highest BCUT2D eigenvalue weighted by atomic mass is 32.1. The molecule has 3 nitrogen and oxygen atoms in total. The van der Waals surface area contributed by atoms with Gasteiger partial charge in [0.25, 0.3) is 0 Å². The van der Waals surface area contributed by atoms with Crippen molar-refractivity contribution in [3.63, 3.8) is 0 Å². The number of Topliss-reactive ketones (excluding diaryl/α,β-unsaturated/α-hetero) is 2. The lowest BCUT2D eigenvalue weighted by Gasteiger charge is -2.34. The number of benzene rings is 1. The second-order valence-corrected chi connectivity index (χ2v) is 7.51. The highest BCUT2D eigenvalue weighted by molar-refractivity contribution is 7.10. The molecule has 5 rings (SSSR count). The number of hydrogen-bond donors (Lipinski definition) is 0. The van der Waals surface area contributed by atoms with Crippen LogP contribution in [-0.2, 0) is 4.79 Å². The van der Waals surface area contributed by atoms with Crippen molar-refractivity contribution in [2.75, 3.05) is 0 Å². The van der Waals surface area contributed by atoms with Crippen LogP contribution in [0.2, 0.25) is 0 Å². The lowest BCUT2D eigenvalue weighted by molar-refractivity contribution is -0.121. The molecule has 2 aliphatic carbocycles. The van der Waals surface area contributed by atoms with Crippen molar-refractivity contribution < 1.29 is 9.59 Å². The van der Waals surface area contributed by atoms with Gasteiger partial charge in [-0.15, -0.1) is 11.3 Å². The van der Waals surface area contributed by atoms with Crippen molar-refractivity contribution >= 4 is 34.3 Å². The van der Waals surface area contributed by atoms with Gasteiger partial charge in [0.1, 0.15) is 5.78 Å². The quantitative estimate of drug-likeness (QED) is 0.782. The van der Waals surface area contributed by atoms with Gasteiger partial charge in [0.2, 0.25) is 0 Å². The van der Waals surface area contributed by atoms with Crippen molar-refractivity contribution in [3.05, 3.63) is 63.4 Å². The Balaban J connectivity index is 1.77. The molecule has 1 fully saturated rings. The number of carbonyl (C=O) groups excluding carboxylic acids is 2. The number of fused-ring (bicyclic) bond motifs is 3. The molecule has 2 aromatic rings. The largest absolute Gasteiger partial charge is 0.299 e. The molecule has 0 amide bonds. The lowest BCUT2D eigenvalue weighted by atomic mass is 9.71. The molecular formula is C20H15NO2S. The van der Waals surface area contributed by atoms with Crippen molar-refractivity contribution in [1.29, 1.82) is 0 Å². The first-order chi connectivity index (χ1) is 11.8. The molecule has 1 aliphatic heterocycles. The molecule has 4 heteroatoms. The maximum absolute atomic E-state index is 13.1. The van der Waals surface area contributed by atoms with E-state index in [1.54, 1.807) is 11.3 Å². The fourth-order valence-electron chi connectivity index (χ4n) is 4.22. The Hall–Kier alpha value is -2.33. The van der Waals surface area contributed by atoms with Crippen LogP contribution in [-0.4, -0.2) is 17.3 Å². The van der Waals surface area contributed by atoms with E-state index in [9.17, 15) is 9.59 Å². The van der Waals surface area contributed by atoms with E-state index >= 15 is 0 Å². The summed E-state index contributed by atoms with van der Waals surface area (Å²) in [4.78, 5) is 31.7. The average Bonchev–Trinajstić information content (AvgIpc) is 3.22. The van der Waals surface area contributed by atoms with Crippen molar-refractivity contribution in [2.24, 2.45) is 10.9 Å². The second kappa shape index (κ2) is 5.08. The van der Waals surface area contributed by atoms with Gasteiger partial charge in [-0.3, -0.25) is 14.6 Å². The molecule has 0 radical (unpaired) electrons. The summed E-state index contributed by atoms with van der Waals surface area (Å²) < 4.78 is 0. The molecule has 2 atom stereocenters. The number of aliphatic imine (C=N–C) groups is 1. The molecule has 0 N–H and O–H groups in total. The Bertz CT molecular complexity index is 936. The van der Waals surface area contributed by atoms with Crippen LogP contribution in [0.5, 0.6) is 0 Å². The minimum atomic E-state index is -0.255. The van der Waals surface area contributed by atoms with Gasteiger partial charge in [0.15, 0.2) is 5.78 Å². The summed E-state index contributed by atoms with van der Waals surface area (Å²) in [5, 5.41) is 2.01. The third-order valence-corrected chi connectivity index (χ3v) is 6.19. The first-order valence-corrected chi connectivity index (χ1v) is 9.15. The van der Waals surface area contributed by atoms with Gasteiger partial charge in [-0.1, -0.05) is 30.3 Å². The Morgan fingerprint density at radius 1 is 0.958 bits per heavy atom. The Labute approximate surface area is 143 Å². The SMILES string of the molecule is O=C1C2=C(N=C3CCCC(=O)C3[C@H]2c2cccs2)c2ccccc21. The molecule has 0 saturated heterocycles. The van der Waals surface area contributed by atoms with Crippen LogP contribution in [0.15, 0.2) is 52.3 Å².